The van der Waals surface area contributed by atoms with E-state index in [1.54, 1.807) is 39.8 Å². The van der Waals surface area contributed by atoms with E-state index in [1.165, 1.54) is 39.8 Å². The molecule has 0 radical (unpaired) electrons. The lowest BCUT2D eigenvalue weighted by Crippen LogP contribution is -2.62. The van der Waals surface area contributed by atoms with E-state index < -0.39 is 163 Å². The molecule has 402 valence electrons. The smallest absolute Gasteiger partial charge is 0.326 e. The molecule has 0 spiro atoms. The SMILES string of the molecule is CC[C@H](C)[C@H](NC(=O)[C@@H](NC(=O)[C@@H](NC(=O)CNC(=O)[C@H](C)NC(=O)[C@H](Cc1ccc(O)cc1)NC(C)=O)[C@@H](C)O)C(C)C)C(=O)N[C@@H](CC(N)=O)C(=O)N[C@@H](CCC(=O)O)C(=O)N[C@@H](CC(C)C)C(=O)O. The van der Waals surface area contributed by atoms with Crippen LogP contribution >= 0.6 is 0 Å². The molecule has 0 heterocycles. The predicted octanol–water partition coefficient (Wildman–Crippen LogP) is -3.08. The molecule has 1 aromatic rings. The number of aromatic hydroxyl groups is 1. The Bertz CT molecular complexity index is 2100. The second-order valence-corrected chi connectivity index (χ2v) is 18.2. The van der Waals surface area contributed by atoms with Crippen LogP contribution in [0.2, 0.25) is 0 Å². The molecular weight excluding hydrogens is 949 g/mol. The zero-order valence-electron chi connectivity index (χ0n) is 42.0. The quantitative estimate of drug-likeness (QED) is 0.0351. The number of carbonyl (C=O) groups excluding carboxylic acids is 10. The summed E-state index contributed by atoms with van der Waals surface area (Å²) in [5.41, 5.74) is 5.98. The van der Waals surface area contributed by atoms with E-state index in [0.29, 0.717) is 5.56 Å². The van der Waals surface area contributed by atoms with Crippen LogP contribution in [0.15, 0.2) is 24.3 Å². The van der Waals surface area contributed by atoms with Gasteiger partial charge in [-0.1, -0.05) is 60.1 Å². The minimum atomic E-state index is -1.79. The number of aliphatic carboxylic acids is 2. The molecule has 1 rings (SSSR count). The standard InChI is InChI=1S/C46H72N10O16/c1-10-23(6)37(44(69)52-31(19-33(47)60)42(67)51-29(15-16-35(62)63)40(65)53-32(46(71)72)17-21(2)3)56-43(68)36(22(4)5)55-45(70)38(25(8)57)54-34(61)20-48-39(64)24(7)49-41(66)30(50-26(9)58)18-27-11-13-28(59)14-12-27/h11-14,21-25,29-32,36-38,57,59H,10,15-20H2,1-9H3,(H2,47,60)(H,48,64)(H,49,66)(H,50,58)(H,51,67)(H,52,69)(H,53,65)(H,54,61)(H,55,70)(H,56,68)(H,62,63)(H,71,72)/t23-,24-,25+,29-,30-,31-,32-,36-,37-,38-/m0/s1. The van der Waals surface area contributed by atoms with Gasteiger partial charge < -0.3 is 74.0 Å². The Morgan fingerprint density at radius 3 is 1.61 bits per heavy atom. The number of aliphatic hydroxyl groups is 1. The molecule has 1 aromatic carbocycles. The van der Waals surface area contributed by atoms with Crippen molar-refractivity contribution in [2.24, 2.45) is 23.5 Å². The molecule has 0 unspecified atom stereocenters. The first kappa shape index (κ1) is 62.6. The van der Waals surface area contributed by atoms with Crippen molar-refractivity contribution in [2.45, 2.75) is 155 Å². The number of phenols is 1. The summed E-state index contributed by atoms with van der Waals surface area (Å²) in [7, 11) is 0. The van der Waals surface area contributed by atoms with Gasteiger partial charge in [-0.15, -0.1) is 0 Å². The Hall–Kier alpha value is -7.38. The summed E-state index contributed by atoms with van der Waals surface area (Å²) in [5.74, 6) is -13.7. The molecule has 0 bridgehead atoms. The number of nitrogens with two attached hydrogens (primary N) is 1. The van der Waals surface area contributed by atoms with Gasteiger partial charge in [0.2, 0.25) is 59.1 Å². The fourth-order valence-electron chi connectivity index (χ4n) is 6.82. The summed E-state index contributed by atoms with van der Waals surface area (Å²) in [6.45, 7) is 12.6. The maximum absolute atomic E-state index is 13.9. The number of benzene rings is 1. The van der Waals surface area contributed by atoms with Crippen LogP contribution < -0.4 is 53.6 Å². The van der Waals surface area contributed by atoms with E-state index in [2.05, 4.69) is 47.9 Å². The molecule has 10 atom stereocenters. The van der Waals surface area contributed by atoms with Gasteiger partial charge in [0, 0.05) is 19.8 Å². The Labute approximate surface area is 416 Å². The van der Waals surface area contributed by atoms with Crippen LogP contribution in [0, 0.1) is 17.8 Å². The van der Waals surface area contributed by atoms with Crippen molar-refractivity contribution in [1.29, 1.82) is 0 Å². The van der Waals surface area contributed by atoms with E-state index in [-0.39, 0.29) is 30.9 Å². The Morgan fingerprint density at radius 2 is 1.11 bits per heavy atom. The number of carbonyl (C=O) groups is 12. The molecule has 0 aromatic heterocycles. The van der Waals surface area contributed by atoms with Gasteiger partial charge in [0.15, 0.2) is 0 Å². The average Bonchev–Trinajstić information content (AvgIpc) is 3.28. The lowest BCUT2D eigenvalue weighted by Gasteiger charge is -2.30. The molecule has 10 amide bonds. The van der Waals surface area contributed by atoms with Gasteiger partial charge in [-0.05, 0) is 62.1 Å². The summed E-state index contributed by atoms with van der Waals surface area (Å²) < 4.78 is 0. The molecule has 0 saturated carbocycles. The van der Waals surface area contributed by atoms with Gasteiger partial charge in [-0.2, -0.15) is 0 Å². The zero-order chi connectivity index (χ0) is 55.2. The number of primary amides is 1. The Balaban J connectivity index is 3.17. The third-order valence-electron chi connectivity index (χ3n) is 11.0. The van der Waals surface area contributed by atoms with Crippen LogP contribution in [0.3, 0.4) is 0 Å². The van der Waals surface area contributed by atoms with Gasteiger partial charge >= 0.3 is 11.9 Å². The highest BCUT2D eigenvalue weighted by Gasteiger charge is 2.37. The first-order valence-electron chi connectivity index (χ1n) is 23.3. The largest absolute Gasteiger partial charge is 0.508 e. The van der Waals surface area contributed by atoms with Gasteiger partial charge in [0.05, 0.1) is 19.1 Å². The first-order valence-corrected chi connectivity index (χ1v) is 23.3. The third kappa shape index (κ3) is 22.6. The first-order chi connectivity index (χ1) is 33.5. The van der Waals surface area contributed by atoms with Crippen molar-refractivity contribution in [2.75, 3.05) is 6.54 Å². The summed E-state index contributed by atoms with van der Waals surface area (Å²) >= 11 is 0. The van der Waals surface area contributed by atoms with Crippen molar-refractivity contribution >= 4 is 71.0 Å². The average molecular weight is 1020 g/mol. The van der Waals surface area contributed by atoms with Crippen molar-refractivity contribution in [1.82, 2.24) is 47.9 Å². The van der Waals surface area contributed by atoms with E-state index in [9.17, 15) is 78.0 Å². The molecule has 0 aliphatic heterocycles. The van der Waals surface area contributed by atoms with E-state index in [1.807, 2.05) is 0 Å². The van der Waals surface area contributed by atoms with Crippen LogP contribution in [-0.4, -0.2) is 152 Å². The summed E-state index contributed by atoms with van der Waals surface area (Å²) in [4.78, 5) is 154. The highest BCUT2D eigenvalue weighted by molar-refractivity contribution is 5.99. The molecule has 0 aliphatic rings. The molecular formula is C46H72N10O16. The fraction of sp³-hybridized carbons (Fsp3) is 0.609. The summed E-state index contributed by atoms with van der Waals surface area (Å²) in [6, 6.07) is -5.89. The molecule has 0 fully saturated rings. The highest BCUT2D eigenvalue weighted by Crippen LogP contribution is 2.14. The minimum absolute atomic E-state index is 0.00870. The Kier molecular flexibility index (Phi) is 26.4. The number of carboxylic acid groups (broad SMARTS) is 2. The number of aliphatic hydroxyl groups excluding tert-OH is 1. The number of phenolic OH excluding ortho intramolecular Hbond substituents is 1. The van der Waals surface area contributed by atoms with Gasteiger partial charge in [-0.25, -0.2) is 4.79 Å². The van der Waals surface area contributed by atoms with Crippen LogP contribution in [0.5, 0.6) is 5.75 Å². The van der Waals surface area contributed by atoms with E-state index >= 15 is 0 Å². The van der Waals surface area contributed by atoms with E-state index in [4.69, 9.17) is 5.73 Å². The number of amides is 10. The zero-order valence-corrected chi connectivity index (χ0v) is 42.0. The van der Waals surface area contributed by atoms with Crippen LogP contribution in [0.25, 0.3) is 0 Å². The molecule has 26 nitrogen and oxygen atoms in total. The lowest BCUT2D eigenvalue weighted by molar-refractivity contribution is -0.143. The van der Waals surface area contributed by atoms with Crippen molar-refractivity contribution < 1.29 is 78.0 Å². The second kappa shape index (κ2) is 30.4. The molecule has 26 heteroatoms. The molecule has 0 aliphatic carbocycles. The van der Waals surface area contributed by atoms with Gasteiger partial charge in [-0.3, -0.25) is 52.7 Å². The normalized spacial score (nSPS) is 15.2. The minimum Gasteiger partial charge on any atom is -0.508 e. The van der Waals surface area contributed by atoms with E-state index in [0.717, 1.165) is 6.92 Å². The van der Waals surface area contributed by atoms with Crippen molar-refractivity contribution in [3.63, 3.8) is 0 Å². The third-order valence-corrected chi connectivity index (χ3v) is 11.0. The fourth-order valence-corrected chi connectivity index (χ4v) is 6.82. The monoisotopic (exact) mass is 1020 g/mol. The van der Waals surface area contributed by atoms with Gasteiger partial charge in [0.25, 0.3) is 0 Å². The summed E-state index contributed by atoms with van der Waals surface area (Å²) in [6.07, 6.45) is -3.32. The topological polar surface area (TPSA) is 420 Å². The van der Waals surface area contributed by atoms with Crippen LogP contribution in [-0.2, 0) is 64.0 Å². The van der Waals surface area contributed by atoms with Crippen molar-refractivity contribution in [3.05, 3.63) is 29.8 Å². The number of carboxylic acids is 2. The number of hydrogen-bond acceptors (Lipinski definition) is 14. The Morgan fingerprint density at radius 1 is 0.597 bits per heavy atom. The summed E-state index contributed by atoms with van der Waals surface area (Å²) in [5, 5.41) is 60.3. The number of rotatable bonds is 31. The molecule has 15 N–H and O–H groups in total. The van der Waals surface area contributed by atoms with Gasteiger partial charge in [0.1, 0.15) is 54.1 Å². The molecule has 72 heavy (non-hydrogen) atoms. The number of hydrogen-bond donors (Lipinski definition) is 14. The van der Waals surface area contributed by atoms with Crippen LogP contribution in [0.1, 0.15) is 100.0 Å². The number of nitrogens with one attached hydrogen (secondary N) is 9. The van der Waals surface area contributed by atoms with Crippen molar-refractivity contribution in [3.8, 4) is 5.75 Å². The second-order valence-electron chi connectivity index (χ2n) is 18.2. The predicted molar refractivity (Wildman–Crippen MR) is 255 cm³/mol. The van der Waals surface area contributed by atoms with Crippen LogP contribution in [0.4, 0.5) is 0 Å². The maximum Gasteiger partial charge on any atom is 0.326 e. The maximum atomic E-state index is 13.9. The molecule has 0 saturated heterocycles. The highest BCUT2D eigenvalue weighted by atomic mass is 16.4. The lowest BCUT2D eigenvalue weighted by atomic mass is 9.95.